The lowest BCUT2D eigenvalue weighted by Crippen LogP contribution is -2.41. The van der Waals surface area contributed by atoms with E-state index in [1.165, 1.54) is 77.0 Å². The molecule has 0 rings (SSSR count). The summed E-state index contributed by atoms with van der Waals surface area (Å²) in [7, 11) is 0. The molecule has 0 radical (unpaired) electrons. The fourth-order valence-corrected chi connectivity index (χ4v) is 3.50. The van der Waals surface area contributed by atoms with Gasteiger partial charge in [0.25, 0.3) is 0 Å². The molecule has 3 heteroatoms. The summed E-state index contributed by atoms with van der Waals surface area (Å²) in [5.74, 6) is -0.345. The number of carbonyl (C=O) groups is 1. The predicted octanol–water partition coefficient (Wildman–Crippen LogP) is 5.83. The minimum atomic E-state index is -0.345. The van der Waals surface area contributed by atoms with Crippen LogP contribution in [0.3, 0.4) is 0 Å². The Morgan fingerprint density at radius 2 is 1.20 bits per heavy atom. The Balaban J connectivity index is 4.37. The first-order valence-corrected chi connectivity index (χ1v) is 10.8. The highest BCUT2D eigenvalue weighted by Gasteiger charge is 2.22. The van der Waals surface area contributed by atoms with Crippen molar-refractivity contribution in [3.8, 4) is 0 Å². The van der Waals surface area contributed by atoms with Gasteiger partial charge < -0.3 is 5.73 Å². The van der Waals surface area contributed by atoms with Crippen LogP contribution >= 0.6 is 0 Å². The molecule has 0 saturated carbocycles. The molecule has 3 nitrogen and oxygen atoms in total. The number of carbonyl (C=O) groups excluding carboxylic acids is 1. The first-order valence-electron chi connectivity index (χ1n) is 10.8. The normalized spacial score (nSPS) is 12.5. The zero-order valence-corrected chi connectivity index (χ0v) is 17.3. The van der Waals surface area contributed by atoms with Gasteiger partial charge in [-0.05, 0) is 32.4 Å². The molecule has 0 aromatic carbocycles. The molecule has 0 aliphatic rings. The van der Waals surface area contributed by atoms with Crippen molar-refractivity contribution in [2.24, 2.45) is 5.73 Å². The van der Waals surface area contributed by atoms with Gasteiger partial charge in [-0.25, -0.2) is 0 Å². The van der Waals surface area contributed by atoms with E-state index in [-0.39, 0.29) is 11.9 Å². The lowest BCUT2D eigenvalue weighted by atomic mass is 10.0. The van der Waals surface area contributed by atoms with Crippen molar-refractivity contribution in [2.75, 3.05) is 13.1 Å². The van der Waals surface area contributed by atoms with Gasteiger partial charge in [0, 0.05) is 11.6 Å². The summed E-state index contributed by atoms with van der Waals surface area (Å²) < 4.78 is 0. The summed E-state index contributed by atoms with van der Waals surface area (Å²) >= 11 is 0. The largest absolute Gasteiger partial charge is 0.366 e. The van der Waals surface area contributed by atoms with Gasteiger partial charge in [-0.15, -0.1) is 0 Å². The quantitative estimate of drug-likeness (QED) is 0.249. The van der Waals surface area contributed by atoms with E-state index < -0.39 is 0 Å². The van der Waals surface area contributed by atoms with Gasteiger partial charge in [-0.1, -0.05) is 91.6 Å². The third-order valence-corrected chi connectivity index (χ3v) is 5.14. The minimum Gasteiger partial charge on any atom is -0.366 e. The average Bonchev–Trinajstić information content (AvgIpc) is 2.60. The van der Waals surface area contributed by atoms with Crippen molar-refractivity contribution >= 4 is 5.91 Å². The van der Waals surface area contributed by atoms with E-state index in [1.807, 2.05) is 0 Å². The first kappa shape index (κ1) is 24.2. The molecule has 0 aliphatic heterocycles. The monoisotopic (exact) mass is 352 g/mol. The number of amides is 1. The van der Waals surface area contributed by atoms with Crippen LogP contribution in [-0.4, -0.2) is 29.9 Å². The fourth-order valence-electron chi connectivity index (χ4n) is 3.50. The molecule has 0 saturated heterocycles. The maximum absolute atomic E-state index is 11.6. The number of hydrogen-bond donors (Lipinski definition) is 1. The van der Waals surface area contributed by atoms with Crippen LogP contribution in [0.4, 0.5) is 0 Å². The Morgan fingerprint density at radius 1 is 0.800 bits per heavy atom. The van der Waals surface area contributed by atoms with E-state index in [0.29, 0.717) is 5.57 Å². The minimum absolute atomic E-state index is 0.115. The summed E-state index contributed by atoms with van der Waals surface area (Å²) in [6.07, 6.45) is 16.5. The van der Waals surface area contributed by atoms with Crippen molar-refractivity contribution in [1.82, 2.24) is 4.90 Å². The van der Waals surface area contributed by atoms with Crippen LogP contribution < -0.4 is 5.73 Å². The molecule has 0 heterocycles. The van der Waals surface area contributed by atoms with Crippen molar-refractivity contribution in [2.45, 2.75) is 110 Å². The maximum atomic E-state index is 11.6. The number of rotatable bonds is 18. The lowest BCUT2D eigenvalue weighted by Gasteiger charge is -2.31. The molecule has 0 bridgehead atoms. The highest BCUT2D eigenvalue weighted by atomic mass is 16.1. The number of unbranched alkanes of at least 4 members (excludes halogenated alkanes) is 10. The van der Waals surface area contributed by atoms with Crippen molar-refractivity contribution in [3.05, 3.63) is 12.2 Å². The van der Waals surface area contributed by atoms with Crippen LogP contribution in [0.15, 0.2) is 12.2 Å². The topological polar surface area (TPSA) is 46.3 Å². The molecule has 25 heavy (non-hydrogen) atoms. The van der Waals surface area contributed by atoms with Crippen LogP contribution in [0, 0.1) is 0 Å². The number of hydrogen-bond acceptors (Lipinski definition) is 2. The Bertz CT molecular complexity index is 325. The van der Waals surface area contributed by atoms with Crippen molar-refractivity contribution in [1.29, 1.82) is 0 Å². The molecule has 1 amide bonds. The maximum Gasteiger partial charge on any atom is 0.245 e. The Labute approximate surface area is 157 Å². The van der Waals surface area contributed by atoms with E-state index in [2.05, 4.69) is 32.3 Å². The summed E-state index contributed by atoms with van der Waals surface area (Å²) in [5, 5.41) is 0. The van der Waals surface area contributed by atoms with E-state index in [9.17, 15) is 4.79 Å². The third-order valence-electron chi connectivity index (χ3n) is 5.14. The highest BCUT2D eigenvalue weighted by molar-refractivity contribution is 5.92. The Hall–Kier alpha value is -0.830. The summed E-state index contributed by atoms with van der Waals surface area (Å²) in [5.41, 5.74) is 6.09. The number of primary amides is 1. The van der Waals surface area contributed by atoms with Crippen LogP contribution in [0.25, 0.3) is 0 Å². The molecule has 0 aliphatic carbocycles. The molecule has 2 N–H and O–H groups in total. The van der Waals surface area contributed by atoms with Crippen LogP contribution in [0.5, 0.6) is 0 Å². The molecule has 148 valence electrons. The molecule has 1 atom stereocenters. The van der Waals surface area contributed by atoms with Gasteiger partial charge in [0.1, 0.15) is 0 Å². The van der Waals surface area contributed by atoms with Crippen LogP contribution in [-0.2, 0) is 4.79 Å². The van der Waals surface area contributed by atoms with Gasteiger partial charge in [-0.3, -0.25) is 9.69 Å². The highest BCUT2D eigenvalue weighted by Crippen LogP contribution is 2.17. The fraction of sp³-hybridized carbons (Fsp3) is 0.864. The van der Waals surface area contributed by atoms with E-state index in [4.69, 9.17) is 5.73 Å². The lowest BCUT2D eigenvalue weighted by molar-refractivity contribution is -0.115. The first-order chi connectivity index (χ1) is 12.1. The Kier molecular flexibility index (Phi) is 16.1. The number of nitrogens with two attached hydrogens (primary N) is 1. The molecular weight excluding hydrogens is 308 g/mol. The van der Waals surface area contributed by atoms with Gasteiger partial charge in [0.2, 0.25) is 5.91 Å². The summed E-state index contributed by atoms with van der Waals surface area (Å²) in [4.78, 5) is 14.1. The molecule has 0 fully saturated rings. The predicted molar refractivity (Wildman–Crippen MR) is 111 cm³/mol. The molecule has 0 spiro atoms. The third kappa shape index (κ3) is 12.2. The van der Waals surface area contributed by atoms with Crippen molar-refractivity contribution in [3.63, 3.8) is 0 Å². The van der Waals surface area contributed by atoms with Gasteiger partial charge >= 0.3 is 0 Å². The zero-order valence-electron chi connectivity index (χ0n) is 17.3. The second-order valence-electron chi connectivity index (χ2n) is 7.39. The standard InChI is InChI=1S/C22H44N2O/c1-5-8-10-12-14-16-18-24(19-17-15-13-11-9-6-2)21(7-3)20(4)22(23)25/h21H,4-19H2,1-3H3,(H2,23,25). The van der Waals surface area contributed by atoms with Crippen molar-refractivity contribution < 1.29 is 4.79 Å². The van der Waals surface area contributed by atoms with E-state index >= 15 is 0 Å². The average molecular weight is 353 g/mol. The summed E-state index contributed by atoms with van der Waals surface area (Å²) in [6, 6.07) is 0.115. The second-order valence-corrected chi connectivity index (χ2v) is 7.39. The molecule has 0 aromatic rings. The van der Waals surface area contributed by atoms with Crippen LogP contribution in [0.2, 0.25) is 0 Å². The van der Waals surface area contributed by atoms with Gasteiger partial charge in [0.05, 0.1) is 0 Å². The van der Waals surface area contributed by atoms with Crippen LogP contribution in [0.1, 0.15) is 104 Å². The van der Waals surface area contributed by atoms with Gasteiger partial charge in [-0.2, -0.15) is 0 Å². The summed E-state index contributed by atoms with van der Waals surface area (Å²) in [6.45, 7) is 12.7. The van der Waals surface area contributed by atoms with E-state index in [0.717, 1.165) is 19.5 Å². The number of nitrogens with zero attached hydrogens (tertiary/aromatic N) is 1. The zero-order chi connectivity index (χ0) is 18.9. The van der Waals surface area contributed by atoms with E-state index in [1.54, 1.807) is 0 Å². The molecule has 0 aromatic heterocycles. The molecular formula is C22H44N2O. The smallest absolute Gasteiger partial charge is 0.245 e. The Morgan fingerprint density at radius 3 is 1.56 bits per heavy atom. The SMILES string of the molecule is C=C(C(N)=O)C(CC)N(CCCCCCCC)CCCCCCCC. The molecule has 1 unspecified atom stereocenters. The second kappa shape index (κ2) is 16.6. The van der Waals surface area contributed by atoms with Gasteiger partial charge in [0.15, 0.2) is 0 Å².